The number of rotatable bonds is 4. The fraction of sp³-hybridized carbons (Fsp3) is 0.150. The zero-order valence-corrected chi connectivity index (χ0v) is 15.9. The van der Waals surface area contributed by atoms with Crippen LogP contribution in [0.2, 0.25) is 0 Å². The first-order chi connectivity index (χ1) is 13.9. The molecule has 2 aromatic carbocycles. The maximum absolute atomic E-state index is 12.8. The van der Waals surface area contributed by atoms with Crippen LogP contribution in [0.25, 0.3) is 21.8 Å². The standard InChI is InChI=1S/C20H16N4O4S/c25-19-16-8-12(10-21-18(16)22-20(26)23-19)29(27,28)24-17-9-15(17)14-7-3-5-11-4-1-2-6-13(11)14/h1-8,10,15,17,24H,9H2,(H2,21,22,23,25,26)/t15-,17+/m0/s1. The number of pyridine rings is 1. The Labute approximate surface area is 164 Å². The topological polar surface area (TPSA) is 125 Å². The summed E-state index contributed by atoms with van der Waals surface area (Å²) < 4.78 is 28.3. The molecule has 0 saturated heterocycles. The summed E-state index contributed by atoms with van der Waals surface area (Å²) in [4.78, 5) is 31.5. The third-order valence-electron chi connectivity index (χ3n) is 5.20. The third kappa shape index (κ3) is 3.14. The van der Waals surface area contributed by atoms with Gasteiger partial charge in [-0.1, -0.05) is 42.5 Å². The lowest BCUT2D eigenvalue weighted by atomic mass is 10.0. The summed E-state index contributed by atoms with van der Waals surface area (Å²) in [6.07, 6.45) is 1.83. The second kappa shape index (κ2) is 6.36. The van der Waals surface area contributed by atoms with E-state index in [0.29, 0.717) is 6.42 Å². The molecule has 4 aromatic rings. The largest absolute Gasteiger partial charge is 0.327 e. The molecule has 0 unspecified atom stereocenters. The van der Waals surface area contributed by atoms with Crippen molar-refractivity contribution in [1.82, 2.24) is 19.7 Å². The van der Waals surface area contributed by atoms with Crippen molar-refractivity contribution in [2.75, 3.05) is 0 Å². The summed E-state index contributed by atoms with van der Waals surface area (Å²) in [7, 11) is -3.87. The van der Waals surface area contributed by atoms with Crippen molar-refractivity contribution in [2.45, 2.75) is 23.3 Å². The van der Waals surface area contributed by atoms with Gasteiger partial charge in [0.2, 0.25) is 10.0 Å². The maximum Gasteiger partial charge on any atom is 0.327 e. The predicted octanol–water partition coefficient (Wildman–Crippen LogP) is 1.60. The van der Waals surface area contributed by atoms with Gasteiger partial charge in [0.25, 0.3) is 5.56 Å². The van der Waals surface area contributed by atoms with Crippen LogP contribution in [0.5, 0.6) is 0 Å². The van der Waals surface area contributed by atoms with Gasteiger partial charge in [-0.15, -0.1) is 0 Å². The van der Waals surface area contributed by atoms with Crippen LogP contribution in [0.15, 0.2) is 69.2 Å². The number of hydrogen-bond donors (Lipinski definition) is 3. The minimum Gasteiger partial charge on any atom is -0.291 e. The summed E-state index contributed by atoms with van der Waals surface area (Å²) in [5, 5.41) is 2.24. The summed E-state index contributed by atoms with van der Waals surface area (Å²) >= 11 is 0. The van der Waals surface area contributed by atoms with Gasteiger partial charge < -0.3 is 0 Å². The zero-order valence-electron chi connectivity index (χ0n) is 15.0. The molecule has 2 atom stereocenters. The molecule has 1 fully saturated rings. The average Bonchev–Trinajstić information content (AvgIpc) is 3.45. The first kappa shape index (κ1) is 17.8. The highest BCUT2D eigenvalue weighted by molar-refractivity contribution is 7.89. The van der Waals surface area contributed by atoms with E-state index < -0.39 is 21.3 Å². The molecule has 8 nitrogen and oxygen atoms in total. The Balaban J connectivity index is 1.44. The molecule has 0 bridgehead atoms. The Hall–Kier alpha value is -3.30. The number of aromatic nitrogens is 3. The molecule has 2 aromatic heterocycles. The van der Waals surface area contributed by atoms with E-state index in [0.717, 1.165) is 22.5 Å². The van der Waals surface area contributed by atoms with E-state index in [9.17, 15) is 18.0 Å². The molecule has 1 saturated carbocycles. The Bertz CT molecular complexity index is 1480. The number of benzene rings is 2. The Morgan fingerprint density at radius 2 is 1.79 bits per heavy atom. The highest BCUT2D eigenvalue weighted by Crippen LogP contribution is 2.44. The van der Waals surface area contributed by atoms with Crippen molar-refractivity contribution >= 4 is 31.8 Å². The quantitative estimate of drug-likeness (QED) is 0.473. The van der Waals surface area contributed by atoms with E-state index in [4.69, 9.17) is 0 Å². The molecule has 5 rings (SSSR count). The van der Waals surface area contributed by atoms with E-state index >= 15 is 0 Å². The van der Waals surface area contributed by atoms with E-state index in [2.05, 4.69) is 19.7 Å². The molecule has 0 aliphatic heterocycles. The van der Waals surface area contributed by atoms with Crippen molar-refractivity contribution in [3.8, 4) is 0 Å². The van der Waals surface area contributed by atoms with Gasteiger partial charge in [0.05, 0.1) is 5.39 Å². The van der Waals surface area contributed by atoms with Crippen LogP contribution in [0.1, 0.15) is 17.9 Å². The van der Waals surface area contributed by atoms with Crippen LogP contribution >= 0.6 is 0 Å². The first-order valence-corrected chi connectivity index (χ1v) is 10.5. The maximum atomic E-state index is 12.8. The number of fused-ring (bicyclic) bond motifs is 2. The van der Waals surface area contributed by atoms with E-state index in [1.54, 1.807) is 0 Å². The summed E-state index contributed by atoms with van der Waals surface area (Å²) in [6, 6.07) is 15.0. The summed E-state index contributed by atoms with van der Waals surface area (Å²) in [6.45, 7) is 0. The fourth-order valence-electron chi connectivity index (χ4n) is 3.68. The molecule has 29 heavy (non-hydrogen) atoms. The van der Waals surface area contributed by atoms with Crippen molar-refractivity contribution in [3.63, 3.8) is 0 Å². The minimum absolute atomic E-state index is 0.00822. The lowest BCUT2D eigenvalue weighted by Gasteiger charge is -2.09. The fourth-order valence-corrected chi connectivity index (χ4v) is 4.94. The number of nitrogens with zero attached hydrogens (tertiary/aromatic N) is 1. The molecule has 0 radical (unpaired) electrons. The van der Waals surface area contributed by atoms with Crippen molar-refractivity contribution in [1.29, 1.82) is 0 Å². The minimum atomic E-state index is -3.87. The molecule has 0 spiro atoms. The molecule has 2 heterocycles. The van der Waals surface area contributed by atoms with Gasteiger partial charge in [-0.2, -0.15) is 0 Å². The van der Waals surface area contributed by atoms with Gasteiger partial charge in [-0.05, 0) is 28.8 Å². The number of nitrogens with one attached hydrogen (secondary N) is 3. The lowest BCUT2D eigenvalue weighted by molar-refractivity contribution is 0.580. The third-order valence-corrected chi connectivity index (χ3v) is 6.65. The zero-order chi connectivity index (χ0) is 20.2. The van der Waals surface area contributed by atoms with Crippen LogP contribution < -0.4 is 16.0 Å². The number of hydrogen-bond acceptors (Lipinski definition) is 5. The molecule has 146 valence electrons. The smallest absolute Gasteiger partial charge is 0.291 e. The van der Waals surface area contributed by atoms with Crippen molar-refractivity contribution in [3.05, 3.63) is 81.1 Å². The van der Waals surface area contributed by atoms with Crippen LogP contribution in [0.3, 0.4) is 0 Å². The van der Waals surface area contributed by atoms with Gasteiger partial charge in [0.1, 0.15) is 10.5 Å². The van der Waals surface area contributed by atoms with Crippen molar-refractivity contribution in [2.24, 2.45) is 0 Å². The number of H-pyrrole nitrogens is 2. The predicted molar refractivity (Wildman–Crippen MR) is 108 cm³/mol. The molecule has 9 heteroatoms. The van der Waals surface area contributed by atoms with E-state index in [1.807, 2.05) is 42.5 Å². The Kier molecular flexibility index (Phi) is 3.90. The van der Waals surface area contributed by atoms with Gasteiger partial charge in [0, 0.05) is 18.2 Å². The summed E-state index contributed by atoms with van der Waals surface area (Å²) in [5.74, 6) is 0.0871. The van der Waals surface area contributed by atoms with Crippen molar-refractivity contribution < 1.29 is 8.42 Å². The Morgan fingerprint density at radius 1 is 1.00 bits per heavy atom. The highest BCUT2D eigenvalue weighted by Gasteiger charge is 2.42. The summed E-state index contributed by atoms with van der Waals surface area (Å²) in [5.41, 5.74) is -0.229. The normalized spacial score (nSPS) is 18.9. The Morgan fingerprint density at radius 3 is 2.66 bits per heavy atom. The van der Waals surface area contributed by atoms with Gasteiger partial charge in [0.15, 0.2) is 0 Å². The molecular weight excluding hydrogens is 392 g/mol. The molecule has 1 aliphatic rings. The lowest BCUT2D eigenvalue weighted by Crippen LogP contribution is -2.28. The van der Waals surface area contributed by atoms with Gasteiger partial charge in [-0.25, -0.2) is 22.9 Å². The highest BCUT2D eigenvalue weighted by atomic mass is 32.2. The van der Waals surface area contributed by atoms with Crippen LogP contribution in [0.4, 0.5) is 0 Å². The number of aromatic amines is 2. The monoisotopic (exact) mass is 408 g/mol. The van der Waals surface area contributed by atoms with Gasteiger partial charge in [-0.3, -0.25) is 14.8 Å². The second-order valence-corrected chi connectivity index (χ2v) is 8.83. The van der Waals surface area contributed by atoms with E-state index in [1.165, 1.54) is 6.07 Å². The molecule has 1 aliphatic carbocycles. The van der Waals surface area contributed by atoms with Crippen LogP contribution in [0, 0.1) is 0 Å². The molecule has 3 N–H and O–H groups in total. The van der Waals surface area contributed by atoms with Crippen LogP contribution in [-0.2, 0) is 10.0 Å². The number of sulfonamides is 1. The van der Waals surface area contributed by atoms with E-state index in [-0.39, 0.29) is 27.9 Å². The van der Waals surface area contributed by atoms with Crippen LogP contribution in [-0.4, -0.2) is 29.4 Å². The molecular formula is C20H16N4O4S. The second-order valence-electron chi connectivity index (χ2n) is 7.11. The van der Waals surface area contributed by atoms with Gasteiger partial charge >= 0.3 is 5.69 Å². The SMILES string of the molecule is O=c1[nH]c(=O)c2cc(S(=O)(=O)N[C@@H]3C[C@H]3c3cccc4ccccc34)cnc2[nH]1. The average molecular weight is 408 g/mol. The molecule has 0 amide bonds. The first-order valence-electron chi connectivity index (χ1n) is 9.05.